The number of piperidine rings is 1. The lowest BCUT2D eigenvalue weighted by molar-refractivity contribution is -0.116. The van der Waals surface area contributed by atoms with E-state index in [4.69, 9.17) is 0 Å². The SMILES string of the molecule is Cc1nnc2sc(CCC(=O)Nc3ccc(N4CCC(C)CC4)cc3)nn12. The first-order valence-corrected chi connectivity index (χ1v) is 10.2. The van der Waals surface area contributed by atoms with E-state index in [0.29, 0.717) is 12.8 Å². The van der Waals surface area contributed by atoms with Crippen LogP contribution in [0.1, 0.15) is 37.0 Å². The number of carbonyl (C=O) groups is 1. The number of anilines is 2. The van der Waals surface area contributed by atoms with E-state index in [-0.39, 0.29) is 5.91 Å². The first-order valence-electron chi connectivity index (χ1n) is 9.41. The summed E-state index contributed by atoms with van der Waals surface area (Å²) in [5.41, 5.74) is 2.07. The minimum atomic E-state index is -0.00256. The van der Waals surface area contributed by atoms with Gasteiger partial charge in [-0.25, -0.2) is 0 Å². The summed E-state index contributed by atoms with van der Waals surface area (Å²) in [4.78, 5) is 15.4. The van der Waals surface area contributed by atoms with Crippen molar-refractivity contribution in [1.29, 1.82) is 0 Å². The minimum absolute atomic E-state index is 0.00256. The van der Waals surface area contributed by atoms with Crippen LogP contribution in [0.2, 0.25) is 0 Å². The fraction of sp³-hybridized carbons (Fsp3) is 0.474. The van der Waals surface area contributed by atoms with Crippen molar-refractivity contribution < 1.29 is 4.79 Å². The Bertz CT molecular complexity index is 923. The highest BCUT2D eigenvalue weighted by molar-refractivity contribution is 7.16. The number of fused-ring (bicyclic) bond motifs is 1. The number of aryl methyl sites for hydroxylation is 2. The Kier molecular flexibility index (Phi) is 5.07. The Hall–Kier alpha value is -2.48. The van der Waals surface area contributed by atoms with E-state index in [9.17, 15) is 4.79 Å². The molecule has 0 radical (unpaired) electrons. The van der Waals surface area contributed by atoms with E-state index < -0.39 is 0 Å². The summed E-state index contributed by atoms with van der Waals surface area (Å²) in [6.07, 6.45) is 3.49. The molecule has 0 saturated carbocycles. The fourth-order valence-electron chi connectivity index (χ4n) is 3.32. The molecule has 4 rings (SSSR count). The number of nitrogens with one attached hydrogen (secondary N) is 1. The van der Waals surface area contributed by atoms with Gasteiger partial charge in [-0.2, -0.15) is 9.61 Å². The Balaban J connectivity index is 1.30. The molecule has 0 spiro atoms. The smallest absolute Gasteiger partial charge is 0.234 e. The third kappa shape index (κ3) is 4.10. The number of aromatic nitrogens is 4. The zero-order valence-corrected chi connectivity index (χ0v) is 16.5. The predicted octanol–water partition coefficient (Wildman–Crippen LogP) is 3.30. The standard InChI is InChI=1S/C19H24N6OS/c1-13-9-11-24(12-10-13)16-5-3-15(4-6-16)20-17(26)7-8-18-23-25-14(2)21-22-19(25)27-18/h3-6,13H,7-12H2,1-2H3,(H,20,26). The number of rotatable bonds is 5. The molecule has 1 aromatic carbocycles. The van der Waals surface area contributed by atoms with Crippen LogP contribution in [0, 0.1) is 12.8 Å². The Morgan fingerprint density at radius 2 is 1.96 bits per heavy atom. The zero-order chi connectivity index (χ0) is 18.8. The zero-order valence-electron chi connectivity index (χ0n) is 15.7. The first kappa shape index (κ1) is 17.9. The molecule has 1 fully saturated rings. The molecule has 3 heterocycles. The summed E-state index contributed by atoms with van der Waals surface area (Å²) in [6, 6.07) is 8.16. The van der Waals surface area contributed by atoms with E-state index in [1.165, 1.54) is 29.9 Å². The predicted molar refractivity (Wildman–Crippen MR) is 107 cm³/mol. The molecule has 1 N–H and O–H groups in total. The highest BCUT2D eigenvalue weighted by Gasteiger charge is 2.16. The quantitative estimate of drug-likeness (QED) is 0.730. The summed E-state index contributed by atoms with van der Waals surface area (Å²) in [6.45, 7) is 6.40. The molecule has 0 unspecified atom stereocenters. The molecule has 1 aliphatic rings. The fourth-order valence-corrected chi connectivity index (χ4v) is 4.20. The van der Waals surface area contributed by atoms with Crippen LogP contribution in [-0.4, -0.2) is 38.8 Å². The van der Waals surface area contributed by atoms with E-state index in [0.717, 1.165) is 40.5 Å². The summed E-state index contributed by atoms with van der Waals surface area (Å²) < 4.78 is 1.72. The van der Waals surface area contributed by atoms with Gasteiger partial charge in [0.15, 0.2) is 5.82 Å². The number of carbonyl (C=O) groups excluding carboxylic acids is 1. The van der Waals surface area contributed by atoms with Crippen LogP contribution >= 0.6 is 11.3 Å². The molecular formula is C19H24N6OS. The second kappa shape index (κ2) is 7.64. The average Bonchev–Trinajstić information content (AvgIpc) is 3.23. The molecule has 8 heteroatoms. The number of hydrogen-bond donors (Lipinski definition) is 1. The molecule has 3 aromatic rings. The average molecular weight is 385 g/mol. The largest absolute Gasteiger partial charge is 0.372 e. The molecule has 1 amide bonds. The van der Waals surface area contributed by atoms with Crippen LogP contribution in [0.4, 0.5) is 11.4 Å². The lowest BCUT2D eigenvalue weighted by Crippen LogP contribution is -2.32. The highest BCUT2D eigenvalue weighted by atomic mass is 32.1. The van der Waals surface area contributed by atoms with Crippen molar-refractivity contribution in [3.63, 3.8) is 0 Å². The Morgan fingerprint density at radius 1 is 1.22 bits per heavy atom. The summed E-state index contributed by atoms with van der Waals surface area (Å²) in [5.74, 6) is 1.58. The summed E-state index contributed by atoms with van der Waals surface area (Å²) in [7, 11) is 0. The minimum Gasteiger partial charge on any atom is -0.372 e. The number of hydrogen-bond acceptors (Lipinski definition) is 6. The molecule has 0 aliphatic carbocycles. The van der Waals surface area contributed by atoms with E-state index in [1.807, 2.05) is 19.1 Å². The van der Waals surface area contributed by atoms with Gasteiger partial charge >= 0.3 is 0 Å². The van der Waals surface area contributed by atoms with Crippen molar-refractivity contribution in [1.82, 2.24) is 19.8 Å². The lowest BCUT2D eigenvalue weighted by Gasteiger charge is -2.32. The van der Waals surface area contributed by atoms with Crippen molar-refractivity contribution in [2.45, 2.75) is 39.5 Å². The van der Waals surface area contributed by atoms with Gasteiger partial charge in [0.05, 0.1) is 0 Å². The molecular weight excluding hydrogens is 360 g/mol. The second-order valence-electron chi connectivity index (χ2n) is 7.20. The van der Waals surface area contributed by atoms with E-state index in [1.54, 1.807) is 4.52 Å². The van der Waals surface area contributed by atoms with E-state index in [2.05, 4.69) is 44.6 Å². The number of benzene rings is 1. The molecule has 7 nitrogen and oxygen atoms in total. The number of nitrogens with zero attached hydrogens (tertiary/aromatic N) is 5. The molecule has 142 valence electrons. The maximum atomic E-state index is 12.2. The molecule has 2 aromatic heterocycles. The maximum Gasteiger partial charge on any atom is 0.234 e. The van der Waals surface area contributed by atoms with Gasteiger partial charge in [-0.1, -0.05) is 18.3 Å². The Labute approximate surface area is 162 Å². The van der Waals surface area contributed by atoms with Gasteiger partial charge in [-0.3, -0.25) is 4.79 Å². The highest BCUT2D eigenvalue weighted by Crippen LogP contribution is 2.24. The molecule has 0 bridgehead atoms. The van der Waals surface area contributed by atoms with Gasteiger partial charge in [-0.05, 0) is 49.9 Å². The van der Waals surface area contributed by atoms with Crippen LogP contribution in [0.5, 0.6) is 0 Å². The molecule has 0 atom stereocenters. The van der Waals surface area contributed by atoms with Gasteiger partial charge in [-0.15, -0.1) is 10.2 Å². The van der Waals surface area contributed by atoms with Crippen LogP contribution < -0.4 is 10.2 Å². The topological polar surface area (TPSA) is 75.4 Å². The molecule has 1 aliphatic heterocycles. The van der Waals surface area contributed by atoms with Crippen LogP contribution in [-0.2, 0) is 11.2 Å². The summed E-state index contributed by atoms with van der Waals surface area (Å²) >= 11 is 1.48. The van der Waals surface area contributed by atoms with E-state index >= 15 is 0 Å². The lowest BCUT2D eigenvalue weighted by atomic mass is 9.99. The maximum absolute atomic E-state index is 12.2. The van der Waals surface area contributed by atoms with Crippen LogP contribution in [0.25, 0.3) is 4.96 Å². The second-order valence-corrected chi connectivity index (χ2v) is 8.24. The van der Waals surface area contributed by atoms with Gasteiger partial charge in [0.2, 0.25) is 10.9 Å². The van der Waals surface area contributed by atoms with Crippen molar-refractivity contribution in [3.8, 4) is 0 Å². The van der Waals surface area contributed by atoms with Gasteiger partial charge in [0.25, 0.3) is 0 Å². The normalized spacial score (nSPS) is 15.4. The number of amides is 1. The third-order valence-corrected chi connectivity index (χ3v) is 6.01. The van der Waals surface area contributed by atoms with Crippen LogP contribution in [0.15, 0.2) is 24.3 Å². The molecule has 27 heavy (non-hydrogen) atoms. The van der Waals surface area contributed by atoms with Gasteiger partial charge in [0, 0.05) is 37.3 Å². The summed E-state index contributed by atoms with van der Waals surface area (Å²) in [5, 5.41) is 16.3. The Morgan fingerprint density at radius 3 is 2.67 bits per heavy atom. The first-order chi connectivity index (χ1) is 13.1. The monoisotopic (exact) mass is 384 g/mol. The van der Waals surface area contributed by atoms with Crippen molar-refractivity contribution >= 4 is 33.6 Å². The van der Waals surface area contributed by atoms with Gasteiger partial charge < -0.3 is 10.2 Å². The van der Waals surface area contributed by atoms with Crippen molar-refractivity contribution in [2.24, 2.45) is 5.92 Å². The van der Waals surface area contributed by atoms with Gasteiger partial charge in [0.1, 0.15) is 5.01 Å². The third-order valence-electron chi connectivity index (χ3n) is 5.05. The van der Waals surface area contributed by atoms with Crippen molar-refractivity contribution in [2.75, 3.05) is 23.3 Å². The van der Waals surface area contributed by atoms with Crippen molar-refractivity contribution in [3.05, 3.63) is 35.1 Å². The molecule has 1 saturated heterocycles. The van der Waals surface area contributed by atoms with Crippen LogP contribution in [0.3, 0.4) is 0 Å².